The molecule has 0 saturated heterocycles. The molecule has 2 heteroatoms. The van der Waals surface area contributed by atoms with Crippen LogP contribution in [0.5, 0.6) is 0 Å². The normalized spacial score (nSPS) is 15.2. The summed E-state index contributed by atoms with van der Waals surface area (Å²) < 4.78 is 0. The lowest BCUT2D eigenvalue weighted by molar-refractivity contribution is 0.152. The summed E-state index contributed by atoms with van der Waals surface area (Å²) in [5, 5.41) is 3.68. The Morgan fingerprint density at radius 3 is 2.12 bits per heavy atom. The summed E-state index contributed by atoms with van der Waals surface area (Å²) in [5.74, 6) is 0. The van der Waals surface area contributed by atoms with Gasteiger partial charge in [0.25, 0.3) is 0 Å². The van der Waals surface area contributed by atoms with Crippen molar-refractivity contribution in [3.05, 3.63) is 0 Å². The van der Waals surface area contributed by atoms with Crippen molar-refractivity contribution in [1.82, 2.24) is 10.2 Å². The van der Waals surface area contributed by atoms with Crippen LogP contribution in [0.2, 0.25) is 0 Å². The molecular weight excluding hydrogens is 208 g/mol. The zero-order valence-electron chi connectivity index (χ0n) is 12.8. The summed E-state index contributed by atoms with van der Waals surface area (Å²) in [6, 6.07) is 1.39. The molecule has 0 amide bonds. The van der Waals surface area contributed by atoms with E-state index in [1.165, 1.54) is 45.2 Å². The molecule has 0 rings (SSSR count). The molecule has 2 unspecified atom stereocenters. The first-order valence-electron chi connectivity index (χ1n) is 7.72. The van der Waals surface area contributed by atoms with Gasteiger partial charge in [-0.05, 0) is 38.9 Å². The highest BCUT2D eigenvalue weighted by molar-refractivity contribution is 4.83. The highest BCUT2D eigenvalue weighted by atomic mass is 15.2. The maximum absolute atomic E-state index is 3.68. The number of unbranched alkanes of at least 4 members (excludes halogenated alkanes) is 1. The summed E-state index contributed by atoms with van der Waals surface area (Å²) in [7, 11) is 0. The van der Waals surface area contributed by atoms with Crippen LogP contribution < -0.4 is 5.32 Å². The molecule has 0 aliphatic carbocycles. The van der Waals surface area contributed by atoms with E-state index >= 15 is 0 Å². The quantitative estimate of drug-likeness (QED) is 0.595. The molecule has 17 heavy (non-hydrogen) atoms. The molecule has 0 aliphatic rings. The zero-order chi connectivity index (χ0) is 13.1. The van der Waals surface area contributed by atoms with Gasteiger partial charge in [-0.25, -0.2) is 0 Å². The van der Waals surface area contributed by atoms with Crippen LogP contribution >= 0.6 is 0 Å². The molecule has 0 fully saturated rings. The molecule has 0 saturated carbocycles. The van der Waals surface area contributed by atoms with E-state index in [0.29, 0.717) is 12.1 Å². The molecule has 0 heterocycles. The first-order chi connectivity index (χ1) is 8.24. The Morgan fingerprint density at radius 2 is 1.71 bits per heavy atom. The standard InChI is InChI=1S/C15H34N2/c1-6-11-13-17(10-5)15(8-3)14(12-7-2)16-9-4/h14-16H,6-13H2,1-5H3. The number of likely N-dealkylation sites (N-methyl/N-ethyl adjacent to an activating group) is 2. The van der Waals surface area contributed by atoms with Crippen molar-refractivity contribution in [2.45, 2.75) is 78.8 Å². The minimum atomic E-state index is 0.673. The van der Waals surface area contributed by atoms with E-state index in [0.717, 1.165) is 6.54 Å². The van der Waals surface area contributed by atoms with Gasteiger partial charge in [0, 0.05) is 12.1 Å². The van der Waals surface area contributed by atoms with Gasteiger partial charge in [-0.2, -0.15) is 0 Å². The maximum atomic E-state index is 3.68. The van der Waals surface area contributed by atoms with E-state index in [-0.39, 0.29) is 0 Å². The van der Waals surface area contributed by atoms with Crippen molar-refractivity contribution in [2.75, 3.05) is 19.6 Å². The molecule has 104 valence electrons. The predicted molar refractivity (Wildman–Crippen MR) is 78.6 cm³/mol. The smallest absolute Gasteiger partial charge is 0.0246 e. The van der Waals surface area contributed by atoms with E-state index in [2.05, 4.69) is 44.8 Å². The summed E-state index contributed by atoms with van der Waals surface area (Å²) in [6.45, 7) is 15.0. The van der Waals surface area contributed by atoms with Gasteiger partial charge in [-0.3, -0.25) is 4.90 Å². The third-order valence-corrected chi connectivity index (χ3v) is 3.62. The molecule has 0 aromatic carbocycles. The molecule has 0 radical (unpaired) electrons. The van der Waals surface area contributed by atoms with Gasteiger partial charge in [-0.15, -0.1) is 0 Å². The van der Waals surface area contributed by atoms with Crippen LogP contribution in [0.15, 0.2) is 0 Å². The second-order valence-corrected chi connectivity index (χ2v) is 4.91. The summed E-state index contributed by atoms with van der Waals surface area (Å²) in [4.78, 5) is 2.67. The van der Waals surface area contributed by atoms with Gasteiger partial charge >= 0.3 is 0 Å². The lowest BCUT2D eigenvalue weighted by Gasteiger charge is -2.36. The van der Waals surface area contributed by atoms with Crippen molar-refractivity contribution >= 4 is 0 Å². The van der Waals surface area contributed by atoms with Crippen molar-refractivity contribution in [1.29, 1.82) is 0 Å². The van der Waals surface area contributed by atoms with Crippen molar-refractivity contribution in [3.8, 4) is 0 Å². The molecule has 2 atom stereocenters. The molecule has 0 aliphatic heterocycles. The van der Waals surface area contributed by atoms with Crippen LogP contribution in [0.1, 0.15) is 66.7 Å². The number of rotatable bonds is 11. The van der Waals surface area contributed by atoms with Crippen LogP contribution in [0.3, 0.4) is 0 Å². The maximum Gasteiger partial charge on any atom is 0.0246 e. The third kappa shape index (κ3) is 6.42. The van der Waals surface area contributed by atoms with Crippen LogP contribution in [0, 0.1) is 0 Å². The largest absolute Gasteiger partial charge is 0.313 e. The van der Waals surface area contributed by atoms with Crippen molar-refractivity contribution < 1.29 is 0 Å². The highest BCUT2D eigenvalue weighted by Crippen LogP contribution is 2.14. The Morgan fingerprint density at radius 1 is 1.00 bits per heavy atom. The van der Waals surface area contributed by atoms with E-state index in [1.54, 1.807) is 0 Å². The number of hydrogen-bond donors (Lipinski definition) is 1. The second-order valence-electron chi connectivity index (χ2n) is 4.91. The van der Waals surface area contributed by atoms with Crippen molar-refractivity contribution in [3.63, 3.8) is 0 Å². The van der Waals surface area contributed by atoms with Gasteiger partial charge in [-0.1, -0.05) is 47.5 Å². The molecular formula is C15H34N2. The molecule has 0 spiro atoms. The summed E-state index contributed by atoms with van der Waals surface area (Å²) >= 11 is 0. The lowest BCUT2D eigenvalue weighted by atomic mass is 9.98. The van der Waals surface area contributed by atoms with E-state index < -0.39 is 0 Å². The van der Waals surface area contributed by atoms with Gasteiger partial charge < -0.3 is 5.32 Å². The first-order valence-corrected chi connectivity index (χ1v) is 7.72. The summed E-state index contributed by atoms with van der Waals surface area (Å²) in [6.07, 6.45) is 6.46. The van der Waals surface area contributed by atoms with Crippen LogP contribution in [-0.4, -0.2) is 36.6 Å². The minimum Gasteiger partial charge on any atom is -0.313 e. The SMILES string of the molecule is CCCCN(CC)C(CC)C(CCC)NCC. The zero-order valence-corrected chi connectivity index (χ0v) is 12.8. The molecule has 0 bridgehead atoms. The average Bonchev–Trinajstić information content (AvgIpc) is 2.34. The fourth-order valence-corrected chi connectivity index (χ4v) is 2.72. The number of nitrogens with one attached hydrogen (secondary N) is 1. The van der Waals surface area contributed by atoms with Gasteiger partial charge in [0.1, 0.15) is 0 Å². The van der Waals surface area contributed by atoms with E-state index in [4.69, 9.17) is 0 Å². The van der Waals surface area contributed by atoms with E-state index in [1.807, 2.05) is 0 Å². The number of hydrogen-bond acceptors (Lipinski definition) is 2. The Balaban J connectivity index is 4.47. The fraction of sp³-hybridized carbons (Fsp3) is 1.00. The van der Waals surface area contributed by atoms with Gasteiger partial charge in [0.05, 0.1) is 0 Å². The highest BCUT2D eigenvalue weighted by Gasteiger charge is 2.23. The minimum absolute atomic E-state index is 0.673. The predicted octanol–water partition coefficient (Wildman–Crippen LogP) is 3.67. The van der Waals surface area contributed by atoms with Gasteiger partial charge in [0.15, 0.2) is 0 Å². The average molecular weight is 242 g/mol. The molecule has 0 aromatic rings. The topological polar surface area (TPSA) is 15.3 Å². The Hall–Kier alpha value is -0.0800. The Kier molecular flexibility index (Phi) is 11.0. The first kappa shape index (κ1) is 16.9. The van der Waals surface area contributed by atoms with Gasteiger partial charge in [0.2, 0.25) is 0 Å². The fourth-order valence-electron chi connectivity index (χ4n) is 2.72. The monoisotopic (exact) mass is 242 g/mol. The summed E-state index contributed by atoms with van der Waals surface area (Å²) in [5.41, 5.74) is 0. The third-order valence-electron chi connectivity index (χ3n) is 3.62. The molecule has 0 aromatic heterocycles. The lowest BCUT2D eigenvalue weighted by Crippen LogP contribution is -2.50. The van der Waals surface area contributed by atoms with Crippen molar-refractivity contribution in [2.24, 2.45) is 0 Å². The van der Waals surface area contributed by atoms with E-state index in [9.17, 15) is 0 Å². The van der Waals surface area contributed by atoms with Crippen LogP contribution in [0.4, 0.5) is 0 Å². The van der Waals surface area contributed by atoms with Crippen LogP contribution in [0.25, 0.3) is 0 Å². The Bertz CT molecular complexity index is 153. The molecule has 2 nitrogen and oxygen atoms in total. The van der Waals surface area contributed by atoms with Crippen LogP contribution in [-0.2, 0) is 0 Å². The Labute approximate surface area is 109 Å². The number of nitrogens with zero attached hydrogens (tertiary/aromatic N) is 1. The second kappa shape index (κ2) is 11.0. The molecule has 1 N–H and O–H groups in total.